The Labute approximate surface area is 173 Å². The van der Waals surface area contributed by atoms with Crippen LogP contribution in [0.1, 0.15) is 67.4 Å². The summed E-state index contributed by atoms with van der Waals surface area (Å²) in [6.45, 7) is 3.44. The molecule has 3 fully saturated rings. The molecular weight excluding hydrogens is 397 g/mol. The zero-order chi connectivity index (χ0) is 21.9. The van der Waals surface area contributed by atoms with Crippen molar-refractivity contribution in [3.63, 3.8) is 0 Å². The molecule has 1 aliphatic heterocycles. The van der Waals surface area contributed by atoms with E-state index in [0.717, 1.165) is 4.90 Å². The topological polar surface area (TPSA) is 69.6 Å². The van der Waals surface area contributed by atoms with Crippen LogP contribution in [-0.4, -0.2) is 53.0 Å². The fourth-order valence-electron chi connectivity index (χ4n) is 4.54. The molecule has 2 amide bonds. The summed E-state index contributed by atoms with van der Waals surface area (Å²) in [7, 11) is 0. The number of carbonyl (C=O) groups is 2. The summed E-state index contributed by atoms with van der Waals surface area (Å²) in [6.07, 6.45) is 0.810. The maximum atomic E-state index is 14.4. The van der Waals surface area contributed by atoms with Gasteiger partial charge in [0.2, 0.25) is 5.91 Å². The number of rotatable bonds is 4. The predicted molar refractivity (Wildman–Crippen MR) is 104 cm³/mol. The van der Waals surface area contributed by atoms with Crippen LogP contribution in [0.4, 0.5) is 13.2 Å². The number of nitrogens with zero attached hydrogens (tertiary/aromatic N) is 1. The van der Waals surface area contributed by atoms with Gasteiger partial charge < -0.3 is 15.3 Å². The number of fused-ring (bicyclic) bond motifs is 2. The second kappa shape index (κ2) is 6.97. The first-order valence-electron chi connectivity index (χ1n) is 10.6. The van der Waals surface area contributed by atoms with E-state index < -0.39 is 41.3 Å². The van der Waals surface area contributed by atoms with Crippen molar-refractivity contribution in [1.82, 2.24) is 10.2 Å². The summed E-state index contributed by atoms with van der Waals surface area (Å²) in [5.74, 6) is -3.89. The molecular formula is C22H27F3N2O3. The number of alkyl halides is 3. The lowest BCUT2D eigenvalue weighted by Gasteiger charge is -2.36. The second-order valence-electron chi connectivity index (χ2n) is 8.74. The first-order chi connectivity index (χ1) is 14.1. The van der Waals surface area contributed by atoms with Gasteiger partial charge >= 0.3 is 0 Å². The van der Waals surface area contributed by atoms with Crippen molar-refractivity contribution in [3.05, 3.63) is 34.9 Å². The largest absolute Gasteiger partial charge is 0.393 e. The molecule has 5 nitrogen and oxygen atoms in total. The lowest BCUT2D eigenvalue weighted by Crippen LogP contribution is -2.53. The molecule has 1 aromatic rings. The third kappa shape index (κ3) is 3.29. The van der Waals surface area contributed by atoms with Crippen LogP contribution in [0.2, 0.25) is 0 Å². The zero-order valence-corrected chi connectivity index (χ0v) is 17.2. The van der Waals surface area contributed by atoms with Crippen LogP contribution in [0.5, 0.6) is 0 Å². The highest BCUT2D eigenvalue weighted by Gasteiger charge is 2.74. The van der Waals surface area contributed by atoms with Gasteiger partial charge in [0.1, 0.15) is 5.67 Å². The van der Waals surface area contributed by atoms with E-state index in [1.54, 1.807) is 0 Å². The summed E-state index contributed by atoms with van der Waals surface area (Å²) in [5, 5.41) is 12.0. The van der Waals surface area contributed by atoms with Gasteiger partial charge in [-0.2, -0.15) is 0 Å². The Balaban J connectivity index is 0.00000106. The predicted octanol–water partition coefficient (Wildman–Crippen LogP) is 3.04. The van der Waals surface area contributed by atoms with E-state index in [0.29, 0.717) is 31.2 Å². The van der Waals surface area contributed by atoms with E-state index in [2.05, 4.69) is 5.32 Å². The van der Waals surface area contributed by atoms with Gasteiger partial charge in [0, 0.05) is 24.6 Å². The SMILES string of the molecule is CC.O=C(CN1CC2(CC2(F)F)c2cc(C3(F)CC3)ccc2C1=O)NC1CC(O)C1. The first-order valence-corrected chi connectivity index (χ1v) is 10.6. The monoisotopic (exact) mass is 424 g/mol. The summed E-state index contributed by atoms with van der Waals surface area (Å²) in [6, 6.07) is 4.22. The maximum absolute atomic E-state index is 14.4. The molecule has 2 N–H and O–H groups in total. The number of carbonyl (C=O) groups excluding carboxylic acids is 2. The Morgan fingerprint density at radius 3 is 2.40 bits per heavy atom. The normalized spacial score (nSPS) is 31.8. The van der Waals surface area contributed by atoms with Gasteiger partial charge in [0.25, 0.3) is 11.8 Å². The summed E-state index contributed by atoms with van der Waals surface area (Å²) < 4.78 is 43.2. The average Bonchev–Trinajstić information content (AvgIpc) is 3.56. The second-order valence-corrected chi connectivity index (χ2v) is 8.74. The molecule has 1 aromatic carbocycles. The molecule has 3 saturated carbocycles. The highest BCUT2D eigenvalue weighted by molar-refractivity contribution is 6.00. The van der Waals surface area contributed by atoms with Crippen LogP contribution < -0.4 is 5.32 Å². The van der Waals surface area contributed by atoms with Gasteiger partial charge in [-0.3, -0.25) is 9.59 Å². The smallest absolute Gasteiger partial charge is 0.260 e. The minimum Gasteiger partial charge on any atom is -0.393 e. The number of halogens is 3. The molecule has 0 radical (unpaired) electrons. The number of amides is 2. The van der Waals surface area contributed by atoms with Gasteiger partial charge in [-0.15, -0.1) is 0 Å². The molecule has 1 atom stereocenters. The van der Waals surface area contributed by atoms with Gasteiger partial charge in [-0.1, -0.05) is 26.0 Å². The molecule has 1 unspecified atom stereocenters. The Morgan fingerprint density at radius 2 is 1.87 bits per heavy atom. The number of hydrogen-bond donors (Lipinski definition) is 2. The summed E-state index contributed by atoms with van der Waals surface area (Å²) in [4.78, 5) is 26.2. The van der Waals surface area contributed by atoms with Crippen molar-refractivity contribution >= 4 is 11.8 Å². The molecule has 3 aliphatic carbocycles. The fraction of sp³-hybridized carbons (Fsp3) is 0.636. The van der Waals surface area contributed by atoms with E-state index in [1.807, 2.05) is 13.8 Å². The number of nitrogens with one attached hydrogen (secondary N) is 1. The van der Waals surface area contributed by atoms with Crippen LogP contribution in [0, 0.1) is 0 Å². The van der Waals surface area contributed by atoms with Gasteiger partial charge in [0.05, 0.1) is 18.1 Å². The quantitative estimate of drug-likeness (QED) is 0.781. The van der Waals surface area contributed by atoms with E-state index in [-0.39, 0.29) is 30.3 Å². The molecule has 1 spiro atoms. The van der Waals surface area contributed by atoms with Crippen molar-refractivity contribution < 1.29 is 27.9 Å². The molecule has 1 heterocycles. The van der Waals surface area contributed by atoms with E-state index in [1.165, 1.54) is 18.2 Å². The van der Waals surface area contributed by atoms with E-state index in [4.69, 9.17) is 0 Å². The summed E-state index contributed by atoms with van der Waals surface area (Å²) in [5.41, 5.74) is -2.31. The molecule has 8 heteroatoms. The Bertz CT molecular complexity index is 880. The number of benzene rings is 1. The first kappa shape index (κ1) is 21.2. The third-order valence-electron chi connectivity index (χ3n) is 6.63. The maximum Gasteiger partial charge on any atom is 0.260 e. The lowest BCUT2D eigenvalue weighted by molar-refractivity contribution is -0.124. The average molecular weight is 424 g/mol. The standard InChI is InChI=1S/C20H21F3N2O3.C2H6/c21-19(3-4-19)11-1-2-14-15(5-11)18(9-20(18,22)23)10-25(17(14)28)8-16(27)24-12-6-13(26)7-12;1-2/h1-2,5,12-13,26H,3-4,6-10H2,(H,24,27);1-2H3. The number of aliphatic hydroxyl groups excluding tert-OH is 1. The van der Waals surface area contributed by atoms with Crippen molar-refractivity contribution in [3.8, 4) is 0 Å². The molecule has 5 rings (SSSR count). The zero-order valence-electron chi connectivity index (χ0n) is 17.2. The van der Waals surface area contributed by atoms with Crippen LogP contribution in [0.3, 0.4) is 0 Å². The van der Waals surface area contributed by atoms with Crippen molar-refractivity contribution in [2.45, 2.75) is 75.1 Å². The Kier molecular flexibility index (Phi) is 4.91. The van der Waals surface area contributed by atoms with Crippen LogP contribution in [0.25, 0.3) is 0 Å². The Morgan fingerprint density at radius 1 is 1.23 bits per heavy atom. The van der Waals surface area contributed by atoms with Crippen molar-refractivity contribution in [2.24, 2.45) is 0 Å². The van der Waals surface area contributed by atoms with Gasteiger partial charge in [-0.25, -0.2) is 13.2 Å². The fourth-order valence-corrected chi connectivity index (χ4v) is 4.54. The third-order valence-corrected chi connectivity index (χ3v) is 6.63. The van der Waals surface area contributed by atoms with Crippen LogP contribution >= 0.6 is 0 Å². The molecule has 4 aliphatic rings. The molecule has 0 bridgehead atoms. The number of aliphatic hydroxyl groups is 1. The highest BCUT2D eigenvalue weighted by Crippen LogP contribution is 2.64. The summed E-state index contributed by atoms with van der Waals surface area (Å²) >= 11 is 0. The Hall–Kier alpha value is -2.09. The van der Waals surface area contributed by atoms with Crippen LogP contribution in [-0.2, 0) is 15.9 Å². The molecule has 30 heavy (non-hydrogen) atoms. The number of hydrogen-bond acceptors (Lipinski definition) is 3. The minimum atomic E-state index is -2.99. The van der Waals surface area contributed by atoms with Crippen LogP contribution in [0.15, 0.2) is 18.2 Å². The van der Waals surface area contributed by atoms with E-state index in [9.17, 15) is 27.9 Å². The van der Waals surface area contributed by atoms with Crippen molar-refractivity contribution in [1.29, 1.82) is 0 Å². The highest BCUT2D eigenvalue weighted by atomic mass is 19.3. The molecule has 0 saturated heterocycles. The molecule has 164 valence electrons. The minimum absolute atomic E-state index is 0.128. The van der Waals surface area contributed by atoms with Gasteiger partial charge in [-0.05, 0) is 42.9 Å². The molecule has 0 aromatic heterocycles. The van der Waals surface area contributed by atoms with Gasteiger partial charge in [0.15, 0.2) is 0 Å². The van der Waals surface area contributed by atoms with Crippen molar-refractivity contribution in [2.75, 3.05) is 13.1 Å². The lowest BCUT2D eigenvalue weighted by atomic mass is 9.84. The van der Waals surface area contributed by atoms with E-state index >= 15 is 0 Å².